The number of hydrogen-bond donors (Lipinski definition) is 2. The lowest BCUT2D eigenvalue weighted by Crippen LogP contribution is -2.18. The molecule has 5 nitrogen and oxygen atoms in total. The van der Waals surface area contributed by atoms with Crippen LogP contribution in [0.1, 0.15) is 29.8 Å². The van der Waals surface area contributed by atoms with Crippen molar-refractivity contribution in [3.63, 3.8) is 0 Å². The molecule has 1 aliphatic carbocycles. The molecular formula is C13H18N2O3. The molecule has 5 heteroatoms. The zero-order chi connectivity index (χ0) is 13.0. The van der Waals surface area contributed by atoms with Crippen LogP contribution in [-0.4, -0.2) is 36.3 Å². The minimum absolute atomic E-state index is 0.0711. The maximum atomic E-state index is 10.8. The van der Waals surface area contributed by atoms with Crippen LogP contribution >= 0.6 is 0 Å². The van der Waals surface area contributed by atoms with Gasteiger partial charge < -0.3 is 15.2 Å². The van der Waals surface area contributed by atoms with Crippen LogP contribution < -0.4 is 5.32 Å². The van der Waals surface area contributed by atoms with Crippen molar-refractivity contribution in [1.29, 1.82) is 0 Å². The average molecular weight is 250 g/mol. The van der Waals surface area contributed by atoms with Crippen LogP contribution in [0.3, 0.4) is 0 Å². The zero-order valence-corrected chi connectivity index (χ0v) is 10.5. The van der Waals surface area contributed by atoms with Crippen LogP contribution in [0.15, 0.2) is 18.2 Å². The Bertz CT molecular complexity index is 430. The number of ether oxygens (including phenoxy) is 1. The molecule has 0 bridgehead atoms. The number of anilines is 1. The maximum Gasteiger partial charge on any atom is 0.354 e. The fourth-order valence-corrected chi connectivity index (χ4v) is 1.94. The van der Waals surface area contributed by atoms with Crippen LogP contribution in [0.4, 0.5) is 5.82 Å². The lowest BCUT2D eigenvalue weighted by Gasteiger charge is -2.15. The third kappa shape index (κ3) is 3.20. The minimum Gasteiger partial charge on any atom is -0.477 e. The Balaban J connectivity index is 1.90. The van der Waals surface area contributed by atoms with E-state index in [-0.39, 0.29) is 5.69 Å². The molecular weight excluding hydrogens is 232 g/mol. The average Bonchev–Trinajstić information content (AvgIpc) is 3.15. The lowest BCUT2D eigenvalue weighted by atomic mass is 10.0. The largest absolute Gasteiger partial charge is 0.477 e. The van der Waals surface area contributed by atoms with E-state index in [1.54, 1.807) is 19.2 Å². The van der Waals surface area contributed by atoms with Crippen molar-refractivity contribution < 1.29 is 14.6 Å². The molecule has 1 fully saturated rings. The Morgan fingerprint density at radius 2 is 2.33 bits per heavy atom. The van der Waals surface area contributed by atoms with Gasteiger partial charge in [-0.15, -0.1) is 0 Å². The van der Waals surface area contributed by atoms with Crippen molar-refractivity contribution >= 4 is 11.8 Å². The Labute approximate surface area is 106 Å². The first-order valence-corrected chi connectivity index (χ1v) is 6.08. The van der Waals surface area contributed by atoms with Crippen LogP contribution in [0, 0.1) is 5.41 Å². The summed E-state index contributed by atoms with van der Waals surface area (Å²) in [6.45, 7) is 1.59. The van der Waals surface area contributed by atoms with Crippen LogP contribution in [-0.2, 0) is 4.74 Å². The van der Waals surface area contributed by atoms with E-state index < -0.39 is 5.97 Å². The number of carbonyl (C=O) groups is 1. The van der Waals surface area contributed by atoms with Gasteiger partial charge in [0.15, 0.2) is 5.69 Å². The number of aromatic nitrogens is 1. The molecule has 0 spiro atoms. The van der Waals surface area contributed by atoms with E-state index in [2.05, 4.69) is 10.3 Å². The fourth-order valence-electron chi connectivity index (χ4n) is 1.94. The van der Waals surface area contributed by atoms with Gasteiger partial charge in [0.25, 0.3) is 0 Å². The standard InChI is InChI=1S/C13H18N2O3/c1-18-8-7-13(5-6-13)9-14-11-4-2-3-10(15-11)12(16)17/h2-4H,5-9H2,1H3,(H,14,15)(H,16,17). The lowest BCUT2D eigenvalue weighted by molar-refractivity contribution is 0.0690. The van der Waals surface area contributed by atoms with E-state index >= 15 is 0 Å². The minimum atomic E-state index is -1.00. The normalized spacial score (nSPS) is 16.3. The molecule has 0 aromatic carbocycles. The van der Waals surface area contributed by atoms with Crippen molar-refractivity contribution in [2.24, 2.45) is 5.41 Å². The van der Waals surface area contributed by atoms with Gasteiger partial charge in [-0.1, -0.05) is 6.07 Å². The van der Waals surface area contributed by atoms with Gasteiger partial charge in [0, 0.05) is 20.3 Å². The van der Waals surface area contributed by atoms with Crippen molar-refractivity contribution in [1.82, 2.24) is 4.98 Å². The number of hydrogen-bond acceptors (Lipinski definition) is 4. The predicted molar refractivity (Wildman–Crippen MR) is 67.8 cm³/mol. The summed E-state index contributed by atoms with van der Waals surface area (Å²) >= 11 is 0. The number of nitrogens with one attached hydrogen (secondary N) is 1. The Kier molecular flexibility index (Phi) is 3.81. The Hall–Kier alpha value is -1.62. The van der Waals surface area contributed by atoms with Crippen molar-refractivity contribution in [2.75, 3.05) is 25.6 Å². The van der Waals surface area contributed by atoms with Gasteiger partial charge in [0.2, 0.25) is 0 Å². The summed E-state index contributed by atoms with van der Waals surface area (Å²) in [6.07, 6.45) is 3.43. The van der Waals surface area contributed by atoms with Gasteiger partial charge in [-0.25, -0.2) is 9.78 Å². The van der Waals surface area contributed by atoms with Crippen LogP contribution in [0.5, 0.6) is 0 Å². The molecule has 2 rings (SSSR count). The number of rotatable bonds is 7. The summed E-state index contributed by atoms with van der Waals surface area (Å²) in [4.78, 5) is 14.8. The van der Waals surface area contributed by atoms with Crippen molar-refractivity contribution in [3.8, 4) is 0 Å². The van der Waals surface area contributed by atoms with E-state index in [1.165, 1.54) is 18.9 Å². The van der Waals surface area contributed by atoms with Crippen molar-refractivity contribution in [3.05, 3.63) is 23.9 Å². The van der Waals surface area contributed by atoms with E-state index in [0.717, 1.165) is 19.6 Å². The topological polar surface area (TPSA) is 71.5 Å². The summed E-state index contributed by atoms with van der Waals surface area (Å²) in [6, 6.07) is 4.98. The highest BCUT2D eigenvalue weighted by atomic mass is 16.5. The molecule has 98 valence electrons. The first-order chi connectivity index (χ1) is 8.65. The van der Waals surface area contributed by atoms with Gasteiger partial charge >= 0.3 is 5.97 Å². The molecule has 0 radical (unpaired) electrons. The SMILES string of the molecule is COCCC1(CNc2cccc(C(=O)O)n2)CC1. The fraction of sp³-hybridized carbons (Fsp3) is 0.538. The number of carboxylic acids is 1. The smallest absolute Gasteiger partial charge is 0.354 e. The number of pyridine rings is 1. The Morgan fingerprint density at radius 1 is 1.56 bits per heavy atom. The molecule has 0 amide bonds. The van der Waals surface area contributed by atoms with E-state index in [4.69, 9.17) is 9.84 Å². The molecule has 1 aromatic heterocycles. The summed E-state index contributed by atoms with van der Waals surface area (Å²) in [7, 11) is 1.71. The highest BCUT2D eigenvalue weighted by molar-refractivity contribution is 5.85. The number of aromatic carboxylic acids is 1. The predicted octanol–water partition coefficient (Wildman–Crippen LogP) is 2.01. The van der Waals surface area contributed by atoms with Crippen molar-refractivity contribution in [2.45, 2.75) is 19.3 Å². The first kappa shape index (κ1) is 12.8. The molecule has 0 saturated heterocycles. The maximum absolute atomic E-state index is 10.8. The van der Waals surface area contributed by atoms with Crippen LogP contribution in [0.2, 0.25) is 0 Å². The second kappa shape index (κ2) is 5.35. The van der Waals surface area contributed by atoms with Gasteiger partial charge in [0.05, 0.1) is 0 Å². The van der Waals surface area contributed by atoms with E-state index in [0.29, 0.717) is 11.2 Å². The molecule has 1 aliphatic rings. The monoisotopic (exact) mass is 250 g/mol. The zero-order valence-electron chi connectivity index (χ0n) is 10.5. The quantitative estimate of drug-likeness (QED) is 0.774. The highest BCUT2D eigenvalue weighted by Gasteiger charge is 2.41. The third-order valence-corrected chi connectivity index (χ3v) is 3.41. The molecule has 0 aliphatic heterocycles. The van der Waals surface area contributed by atoms with Gasteiger partial charge in [-0.2, -0.15) is 0 Å². The Morgan fingerprint density at radius 3 is 2.94 bits per heavy atom. The molecule has 1 heterocycles. The summed E-state index contributed by atoms with van der Waals surface area (Å²) in [5.41, 5.74) is 0.387. The number of nitrogens with zero attached hydrogens (tertiary/aromatic N) is 1. The molecule has 1 aromatic rings. The van der Waals surface area contributed by atoms with E-state index in [9.17, 15) is 4.79 Å². The second-order valence-electron chi connectivity index (χ2n) is 4.81. The molecule has 0 unspecified atom stereocenters. The molecule has 18 heavy (non-hydrogen) atoms. The third-order valence-electron chi connectivity index (χ3n) is 3.41. The van der Waals surface area contributed by atoms with E-state index in [1.807, 2.05) is 0 Å². The number of carboxylic acid groups (broad SMARTS) is 1. The van der Waals surface area contributed by atoms with Gasteiger partial charge in [0.1, 0.15) is 5.82 Å². The molecule has 2 N–H and O–H groups in total. The second-order valence-corrected chi connectivity index (χ2v) is 4.81. The first-order valence-electron chi connectivity index (χ1n) is 6.08. The molecule has 0 atom stereocenters. The van der Waals surface area contributed by atoms with Crippen LogP contribution in [0.25, 0.3) is 0 Å². The summed E-state index contributed by atoms with van der Waals surface area (Å²) in [5, 5.41) is 12.1. The van der Waals surface area contributed by atoms with Gasteiger partial charge in [-0.05, 0) is 36.8 Å². The molecule has 1 saturated carbocycles. The highest BCUT2D eigenvalue weighted by Crippen LogP contribution is 2.48. The summed E-state index contributed by atoms with van der Waals surface area (Å²) < 4.78 is 5.10. The number of methoxy groups -OCH3 is 1. The summed E-state index contributed by atoms with van der Waals surface area (Å²) in [5.74, 6) is -0.377. The van der Waals surface area contributed by atoms with Gasteiger partial charge in [-0.3, -0.25) is 0 Å².